The van der Waals surface area contributed by atoms with Crippen LogP contribution in [0.3, 0.4) is 0 Å². The van der Waals surface area contributed by atoms with Crippen molar-refractivity contribution in [3.63, 3.8) is 0 Å². The first-order valence-corrected chi connectivity index (χ1v) is 11.8. The van der Waals surface area contributed by atoms with E-state index in [1.54, 1.807) is 4.40 Å². The third-order valence-electron chi connectivity index (χ3n) is 5.48. The number of benzene rings is 3. The van der Waals surface area contributed by atoms with E-state index in [-0.39, 0.29) is 5.56 Å². The van der Waals surface area contributed by atoms with Gasteiger partial charge >= 0.3 is 0 Å². The Hall–Kier alpha value is -3.64. The van der Waals surface area contributed by atoms with Crippen molar-refractivity contribution in [2.45, 2.75) is 20.3 Å². The van der Waals surface area contributed by atoms with E-state index in [4.69, 9.17) is 9.47 Å². The number of aryl methyl sites for hydroxylation is 2. The molecule has 0 fully saturated rings. The number of hydrogen-bond acceptors (Lipinski definition) is 5. The molecule has 2 aromatic heterocycles. The Labute approximate surface area is 195 Å². The number of fused-ring (bicyclic) bond motifs is 3. The molecule has 0 aliphatic heterocycles. The highest BCUT2D eigenvalue weighted by Gasteiger charge is 2.11. The summed E-state index contributed by atoms with van der Waals surface area (Å²) in [5, 5.41) is 0. The van der Waals surface area contributed by atoms with Crippen LogP contribution in [-0.2, 0) is 6.42 Å². The molecule has 0 spiro atoms. The van der Waals surface area contributed by atoms with E-state index >= 15 is 0 Å². The highest BCUT2D eigenvalue weighted by atomic mass is 32.1. The molecule has 2 heterocycles. The van der Waals surface area contributed by atoms with Gasteiger partial charge in [0.2, 0.25) is 0 Å². The molecule has 0 atom stereocenters. The smallest absolute Gasteiger partial charge is 0.274 e. The van der Waals surface area contributed by atoms with Gasteiger partial charge in [0, 0.05) is 5.56 Å². The second-order valence-electron chi connectivity index (χ2n) is 7.88. The highest BCUT2D eigenvalue weighted by molar-refractivity contribution is 7.15. The third kappa shape index (κ3) is 4.34. The Balaban J connectivity index is 1.35. The van der Waals surface area contributed by atoms with Crippen molar-refractivity contribution in [3.05, 3.63) is 98.3 Å². The fourth-order valence-corrected chi connectivity index (χ4v) is 4.89. The maximum absolute atomic E-state index is 13.1. The minimum Gasteiger partial charge on any atom is -0.490 e. The quantitative estimate of drug-likeness (QED) is 0.331. The first-order chi connectivity index (χ1) is 16.1. The number of para-hydroxylation sites is 3. The van der Waals surface area contributed by atoms with Crippen molar-refractivity contribution in [1.82, 2.24) is 9.38 Å². The van der Waals surface area contributed by atoms with E-state index in [1.807, 2.05) is 60.7 Å². The van der Waals surface area contributed by atoms with E-state index in [2.05, 4.69) is 31.0 Å². The standard InChI is InChI=1S/C27H24N2O3S/c1-3-19-14-18(2)15-21(16-19)31-12-13-32-24-11-7-4-8-20(24)17-25-26(30)29-23-10-6-5-9-22(23)28-27(29)33-25/h4-11,14-17H,3,12-13H2,1-2H3/b25-17-. The Morgan fingerprint density at radius 1 is 1.00 bits per heavy atom. The Morgan fingerprint density at radius 3 is 2.67 bits per heavy atom. The largest absolute Gasteiger partial charge is 0.490 e. The molecule has 0 radical (unpaired) electrons. The van der Waals surface area contributed by atoms with Crippen molar-refractivity contribution < 1.29 is 9.47 Å². The van der Waals surface area contributed by atoms with Crippen molar-refractivity contribution >= 4 is 33.4 Å². The minimum atomic E-state index is -0.0620. The van der Waals surface area contributed by atoms with Crippen LogP contribution < -0.4 is 19.6 Å². The summed E-state index contributed by atoms with van der Waals surface area (Å²) in [6, 6.07) is 21.7. The lowest BCUT2D eigenvalue weighted by Gasteiger charge is -2.11. The van der Waals surface area contributed by atoms with Gasteiger partial charge in [0.15, 0.2) is 4.96 Å². The predicted molar refractivity (Wildman–Crippen MR) is 134 cm³/mol. The van der Waals surface area contributed by atoms with Crippen LogP contribution in [0, 0.1) is 6.92 Å². The number of thiazole rings is 1. The first-order valence-electron chi connectivity index (χ1n) is 11.0. The zero-order chi connectivity index (χ0) is 22.8. The lowest BCUT2D eigenvalue weighted by Crippen LogP contribution is -2.22. The van der Waals surface area contributed by atoms with E-state index in [1.165, 1.54) is 22.5 Å². The summed E-state index contributed by atoms with van der Waals surface area (Å²) in [7, 11) is 0. The van der Waals surface area contributed by atoms with Crippen LogP contribution in [0.1, 0.15) is 23.6 Å². The molecule has 0 N–H and O–H groups in total. The maximum atomic E-state index is 13.1. The van der Waals surface area contributed by atoms with E-state index < -0.39 is 0 Å². The number of aromatic nitrogens is 2. The van der Waals surface area contributed by atoms with E-state index in [9.17, 15) is 4.79 Å². The summed E-state index contributed by atoms with van der Waals surface area (Å²) >= 11 is 1.39. The summed E-state index contributed by atoms with van der Waals surface area (Å²) < 4.78 is 14.2. The Morgan fingerprint density at radius 2 is 1.79 bits per heavy atom. The zero-order valence-corrected chi connectivity index (χ0v) is 19.4. The van der Waals surface area contributed by atoms with Crippen molar-refractivity contribution in [2.75, 3.05) is 13.2 Å². The van der Waals surface area contributed by atoms with Gasteiger partial charge in [0.1, 0.15) is 24.7 Å². The topological polar surface area (TPSA) is 52.8 Å². The molecule has 3 aromatic carbocycles. The van der Waals surface area contributed by atoms with Crippen LogP contribution in [0.4, 0.5) is 0 Å². The van der Waals surface area contributed by atoms with Crippen LogP contribution in [0.25, 0.3) is 22.1 Å². The van der Waals surface area contributed by atoms with Crippen LogP contribution in [0.2, 0.25) is 0 Å². The molecule has 5 aromatic rings. The lowest BCUT2D eigenvalue weighted by molar-refractivity contribution is 0.216. The Bertz CT molecular complexity index is 1550. The SMILES string of the molecule is CCc1cc(C)cc(OCCOc2ccccc2/C=c2\sc3nc4ccccc4n3c2=O)c1. The molecule has 5 rings (SSSR count). The molecule has 0 aliphatic rings. The molecule has 5 nitrogen and oxygen atoms in total. The maximum Gasteiger partial charge on any atom is 0.274 e. The normalized spacial score (nSPS) is 12.0. The number of imidazole rings is 1. The average molecular weight is 457 g/mol. The van der Waals surface area contributed by atoms with Crippen molar-refractivity contribution in [3.8, 4) is 11.5 Å². The second kappa shape index (κ2) is 9.08. The summed E-state index contributed by atoms with van der Waals surface area (Å²) in [6.07, 6.45) is 2.85. The van der Waals surface area contributed by atoms with Gasteiger partial charge in [0.25, 0.3) is 5.56 Å². The van der Waals surface area contributed by atoms with Crippen molar-refractivity contribution in [1.29, 1.82) is 0 Å². The predicted octanol–water partition coefficient (Wildman–Crippen LogP) is 4.79. The van der Waals surface area contributed by atoms with Gasteiger partial charge < -0.3 is 9.47 Å². The average Bonchev–Trinajstić information content (AvgIpc) is 3.33. The van der Waals surface area contributed by atoms with Gasteiger partial charge in [-0.2, -0.15) is 0 Å². The van der Waals surface area contributed by atoms with Gasteiger partial charge in [-0.05, 0) is 60.9 Å². The fraction of sp³-hybridized carbons (Fsp3) is 0.185. The third-order valence-corrected chi connectivity index (χ3v) is 6.45. The van der Waals surface area contributed by atoms with E-state index in [0.29, 0.717) is 22.7 Å². The molecule has 0 saturated heterocycles. The van der Waals surface area contributed by atoms with Gasteiger partial charge in [-0.3, -0.25) is 4.79 Å². The monoisotopic (exact) mass is 456 g/mol. The molecule has 0 bridgehead atoms. The van der Waals surface area contributed by atoms with Gasteiger partial charge in [-0.25, -0.2) is 9.38 Å². The summed E-state index contributed by atoms with van der Waals surface area (Å²) in [4.78, 5) is 18.3. The summed E-state index contributed by atoms with van der Waals surface area (Å²) in [6.45, 7) is 5.05. The number of nitrogens with zero attached hydrogens (tertiary/aromatic N) is 2. The zero-order valence-electron chi connectivity index (χ0n) is 18.6. The van der Waals surface area contributed by atoms with Crippen LogP contribution in [0.5, 0.6) is 11.5 Å². The highest BCUT2D eigenvalue weighted by Crippen LogP contribution is 2.21. The second-order valence-corrected chi connectivity index (χ2v) is 8.89. The molecule has 0 aliphatic carbocycles. The molecule has 166 valence electrons. The molecule has 0 unspecified atom stereocenters. The minimum absolute atomic E-state index is 0.0620. The molecule has 6 heteroatoms. The van der Waals surface area contributed by atoms with Crippen molar-refractivity contribution in [2.24, 2.45) is 0 Å². The summed E-state index contributed by atoms with van der Waals surface area (Å²) in [5.41, 5.74) is 4.90. The van der Waals surface area contributed by atoms with Gasteiger partial charge in [-0.1, -0.05) is 54.7 Å². The van der Waals surface area contributed by atoms with Gasteiger partial charge in [-0.15, -0.1) is 0 Å². The summed E-state index contributed by atoms with van der Waals surface area (Å²) in [5.74, 6) is 1.58. The molecular formula is C27H24N2O3S. The Kier molecular flexibility index (Phi) is 5.84. The number of ether oxygens (including phenoxy) is 2. The molecule has 0 saturated carbocycles. The molecular weight excluding hydrogens is 432 g/mol. The van der Waals surface area contributed by atoms with E-state index in [0.717, 1.165) is 34.5 Å². The number of rotatable bonds is 7. The lowest BCUT2D eigenvalue weighted by atomic mass is 10.1. The van der Waals surface area contributed by atoms with Crippen LogP contribution in [0.15, 0.2) is 71.5 Å². The number of hydrogen-bond donors (Lipinski definition) is 0. The van der Waals surface area contributed by atoms with Crippen LogP contribution >= 0.6 is 11.3 Å². The van der Waals surface area contributed by atoms with Crippen LogP contribution in [-0.4, -0.2) is 22.6 Å². The first kappa shape index (κ1) is 21.2. The van der Waals surface area contributed by atoms with Gasteiger partial charge in [0.05, 0.1) is 15.6 Å². The molecule has 33 heavy (non-hydrogen) atoms. The molecule has 0 amide bonds. The fourth-order valence-electron chi connectivity index (χ4n) is 3.91.